The summed E-state index contributed by atoms with van der Waals surface area (Å²) < 4.78 is 18.3. The van der Waals surface area contributed by atoms with E-state index in [0.717, 1.165) is 11.6 Å². The number of nitrogens with zero attached hydrogens (tertiary/aromatic N) is 3. The van der Waals surface area contributed by atoms with E-state index in [0.29, 0.717) is 12.2 Å². The summed E-state index contributed by atoms with van der Waals surface area (Å²) >= 11 is 0. The van der Waals surface area contributed by atoms with Gasteiger partial charge in [-0.05, 0) is 35.0 Å². The van der Waals surface area contributed by atoms with Crippen LogP contribution in [0, 0.1) is 5.82 Å². The van der Waals surface area contributed by atoms with Crippen LogP contribution in [-0.2, 0) is 6.42 Å². The zero-order valence-electron chi connectivity index (χ0n) is 11.7. The number of aliphatic hydroxyl groups is 1. The average Bonchev–Trinajstić information content (AvgIpc) is 3.21. The highest BCUT2D eigenvalue weighted by atomic mass is 19.1. The van der Waals surface area contributed by atoms with Crippen molar-refractivity contribution in [2.75, 3.05) is 0 Å². The van der Waals surface area contributed by atoms with Gasteiger partial charge in [-0.3, -0.25) is 4.79 Å². The van der Waals surface area contributed by atoms with Crippen LogP contribution < -0.4 is 0 Å². The first-order valence-corrected chi connectivity index (χ1v) is 6.64. The second-order valence-corrected chi connectivity index (χ2v) is 4.70. The molecule has 23 heavy (non-hydrogen) atoms. The third-order valence-electron chi connectivity index (χ3n) is 3.04. The Labute approximate surface area is 129 Å². The van der Waals surface area contributed by atoms with Gasteiger partial charge in [0.15, 0.2) is 11.5 Å². The van der Waals surface area contributed by atoms with Crippen molar-refractivity contribution in [1.82, 2.24) is 20.6 Å². The fraction of sp³-hybridized carbons (Fsp3) is 0.0667. The van der Waals surface area contributed by atoms with Crippen LogP contribution in [-0.4, -0.2) is 31.5 Å². The lowest BCUT2D eigenvalue weighted by Crippen LogP contribution is -1.96. The first-order valence-electron chi connectivity index (χ1n) is 6.64. The lowest BCUT2D eigenvalue weighted by molar-refractivity contribution is 0.101. The van der Waals surface area contributed by atoms with Crippen molar-refractivity contribution in [3.05, 3.63) is 71.2 Å². The summed E-state index contributed by atoms with van der Waals surface area (Å²) in [6.07, 6.45) is 1.37. The third kappa shape index (κ3) is 3.49. The molecule has 0 fully saturated rings. The molecule has 3 rings (SSSR count). The molecule has 0 atom stereocenters. The van der Waals surface area contributed by atoms with Crippen LogP contribution in [0.1, 0.15) is 27.7 Å². The molecule has 0 aliphatic heterocycles. The Kier molecular flexibility index (Phi) is 3.96. The lowest BCUT2D eigenvalue weighted by Gasteiger charge is -1.98. The van der Waals surface area contributed by atoms with Crippen molar-refractivity contribution >= 4 is 11.5 Å². The summed E-state index contributed by atoms with van der Waals surface area (Å²) in [7, 11) is 0. The second kappa shape index (κ2) is 6.22. The number of furan rings is 1. The minimum Gasteiger partial charge on any atom is -0.504 e. The largest absolute Gasteiger partial charge is 0.504 e. The van der Waals surface area contributed by atoms with Gasteiger partial charge in [0.2, 0.25) is 11.6 Å². The lowest BCUT2D eigenvalue weighted by atomic mass is 10.1. The minimum absolute atomic E-state index is 0.0668. The molecular weight excluding hydrogens is 303 g/mol. The summed E-state index contributed by atoms with van der Waals surface area (Å²) in [4.78, 5) is 12.0. The fourth-order valence-electron chi connectivity index (χ4n) is 1.94. The van der Waals surface area contributed by atoms with Crippen molar-refractivity contribution < 1.29 is 18.7 Å². The smallest absolute Gasteiger partial charge is 0.239 e. The van der Waals surface area contributed by atoms with Gasteiger partial charge < -0.3 is 9.52 Å². The van der Waals surface area contributed by atoms with Crippen molar-refractivity contribution in [1.29, 1.82) is 0 Å². The predicted octanol–water partition coefficient (Wildman–Crippen LogP) is 2.30. The number of carbonyl (C=O) groups is 1. The summed E-state index contributed by atoms with van der Waals surface area (Å²) in [6, 6.07) is 9.14. The molecular formula is C15H11FN4O3. The molecule has 8 heteroatoms. The molecule has 1 aromatic carbocycles. The van der Waals surface area contributed by atoms with E-state index in [-0.39, 0.29) is 17.4 Å². The number of benzene rings is 1. The van der Waals surface area contributed by atoms with Crippen LogP contribution in [0.5, 0.6) is 0 Å². The normalized spacial score (nSPS) is 11.6. The highest BCUT2D eigenvalue weighted by Gasteiger charge is 2.13. The van der Waals surface area contributed by atoms with Gasteiger partial charge in [-0.25, -0.2) is 4.39 Å². The van der Waals surface area contributed by atoms with E-state index in [1.54, 1.807) is 18.2 Å². The zero-order chi connectivity index (χ0) is 16.2. The van der Waals surface area contributed by atoms with E-state index < -0.39 is 11.5 Å². The molecule has 0 bridgehead atoms. The Bertz CT molecular complexity index is 838. The van der Waals surface area contributed by atoms with Crippen LogP contribution in [0.25, 0.3) is 5.76 Å². The Balaban J connectivity index is 1.72. The Morgan fingerprint density at radius 3 is 2.74 bits per heavy atom. The number of H-pyrrole nitrogens is 1. The first-order chi connectivity index (χ1) is 11.1. The third-order valence-corrected chi connectivity index (χ3v) is 3.04. The zero-order valence-corrected chi connectivity index (χ0v) is 11.7. The van der Waals surface area contributed by atoms with E-state index in [1.165, 1.54) is 18.2 Å². The van der Waals surface area contributed by atoms with Gasteiger partial charge in [-0.2, -0.15) is 5.21 Å². The average molecular weight is 314 g/mol. The number of hydrogen-bond donors (Lipinski definition) is 2. The first kappa shape index (κ1) is 14.6. The molecule has 116 valence electrons. The van der Waals surface area contributed by atoms with Gasteiger partial charge in [0.25, 0.3) is 0 Å². The SMILES string of the molecule is O=C(/C=C(\O)c1nn[nH]n1)c1ccc(Cc2ccc(F)cc2)o1. The topological polar surface area (TPSA) is 105 Å². The summed E-state index contributed by atoms with van der Waals surface area (Å²) in [5, 5.41) is 22.2. The summed E-state index contributed by atoms with van der Waals surface area (Å²) in [5.41, 5.74) is 0.852. The van der Waals surface area contributed by atoms with E-state index >= 15 is 0 Å². The number of allylic oxidation sites excluding steroid dienone is 1. The second-order valence-electron chi connectivity index (χ2n) is 4.70. The standard InChI is InChI=1S/C15H11FN4O3/c16-10-3-1-9(2-4-10)7-11-5-6-14(23-11)12(21)8-13(22)15-17-19-20-18-15/h1-6,8,22H,7H2,(H,17,18,19,20)/b13-8-. The Hall–Kier alpha value is -3.29. The number of halogens is 1. The molecule has 7 nitrogen and oxygen atoms in total. The maximum atomic E-state index is 12.9. The number of aromatic amines is 1. The predicted molar refractivity (Wildman–Crippen MR) is 77.0 cm³/mol. The molecule has 2 heterocycles. The van der Waals surface area contributed by atoms with Crippen molar-refractivity contribution in [3.8, 4) is 0 Å². The number of nitrogens with one attached hydrogen (secondary N) is 1. The molecule has 0 spiro atoms. The maximum absolute atomic E-state index is 12.9. The fourth-order valence-corrected chi connectivity index (χ4v) is 1.94. The summed E-state index contributed by atoms with van der Waals surface area (Å²) in [6.45, 7) is 0. The van der Waals surface area contributed by atoms with Crippen LogP contribution in [0.2, 0.25) is 0 Å². The van der Waals surface area contributed by atoms with E-state index in [1.807, 2.05) is 0 Å². The van der Waals surface area contributed by atoms with Crippen molar-refractivity contribution in [2.45, 2.75) is 6.42 Å². The highest BCUT2D eigenvalue weighted by molar-refractivity contribution is 6.05. The minimum atomic E-state index is -0.530. The Morgan fingerprint density at radius 2 is 2.04 bits per heavy atom. The van der Waals surface area contributed by atoms with Gasteiger partial charge in [-0.1, -0.05) is 12.1 Å². The number of aliphatic hydroxyl groups excluding tert-OH is 1. The van der Waals surface area contributed by atoms with Crippen molar-refractivity contribution in [3.63, 3.8) is 0 Å². The van der Waals surface area contributed by atoms with Crippen LogP contribution in [0.4, 0.5) is 4.39 Å². The van der Waals surface area contributed by atoms with Gasteiger partial charge in [-0.15, -0.1) is 10.2 Å². The molecule has 2 aromatic heterocycles. The molecule has 0 saturated carbocycles. The highest BCUT2D eigenvalue weighted by Crippen LogP contribution is 2.16. The summed E-state index contributed by atoms with van der Waals surface area (Å²) in [5.74, 6) is -0.731. The molecule has 0 aliphatic carbocycles. The molecule has 0 unspecified atom stereocenters. The number of rotatable bonds is 5. The van der Waals surface area contributed by atoms with E-state index in [4.69, 9.17) is 4.42 Å². The van der Waals surface area contributed by atoms with Gasteiger partial charge >= 0.3 is 0 Å². The van der Waals surface area contributed by atoms with Crippen molar-refractivity contribution in [2.24, 2.45) is 0 Å². The van der Waals surface area contributed by atoms with Crippen LogP contribution in [0.3, 0.4) is 0 Å². The molecule has 3 aromatic rings. The van der Waals surface area contributed by atoms with E-state index in [2.05, 4.69) is 20.6 Å². The number of hydrogen-bond acceptors (Lipinski definition) is 6. The van der Waals surface area contributed by atoms with Crippen LogP contribution in [0.15, 0.2) is 46.9 Å². The van der Waals surface area contributed by atoms with E-state index in [9.17, 15) is 14.3 Å². The molecule has 0 radical (unpaired) electrons. The maximum Gasteiger partial charge on any atom is 0.239 e. The molecule has 2 N–H and O–H groups in total. The number of ketones is 1. The number of aromatic nitrogens is 4. The monoisotopic (exact) mass is 314 g/mol. The Morgan fingerprint density at radius 1 is 1.26 bits per heavy atom. The molecule has 0 aliphatic rings. The molecule has 0 amide bonds. The van der Waals surface area contributed by atoms with Gasteiger partial charge in [0, 0.05) is 12.5 Å². The molecule has 0 saturated heterocycles. The number of tetrazole rings is 1. The van der Waals surface area contributed by atoms with Gasteiger partial charge in [0.05, 0.1) is 0 Å². The number of carbonyl (C=O) groups excluding carboxylic acids is 1. The van der Waals surface area contributed by atoms with Gasteiger partial charge in [0.1, 0.15) is 11.6 Å². The van der Waals surface area contributed by atoms with Crippen LogP contribution >= 0.6 is 0 Å². The quantitative estimate of drug-likeness (QED) is 0.425.